The molecule has 0 radical (unpaired) electrons. The molecule has 13 heavy (non-hydrogen) atoms. The van der Waals surface area contributed by atoms with E-state index in [1.807, 2.05) is 0 Å². The Bertz CT molecular complexity index is 91.7. The van der Waals surface area contributed by atoms with E-state index < -0.39 is 0 Å². The van der Waals surface area contributed by atoms with Crippen LogP contribution in [0.5, 0.6) is 0 Å². The van der Waals surface area contributed by atoms with Gasteiger partial charge in [0.25, 0.3) is 0 Å². The molecule has 0 amide bonds. The number of hydrogen-bond donors (Lipinski definition) is 1. The summed E-state index contributed by atoms with van der Waals surface area (Å²) < 4.78 is 0. The number of nitrogens with one attached hydrogen (secondary N) is 1. The Kier molecular flexibility index (Phi) is 7.35. The number of rotatable bonds is 7. The Labute approximate surface area is 84.3 Å². The highest BCUT2D eigenvalue weighted by Gasteiger charge is 2.23. The molecular weight excluding hydrogens is 158 g/mol. The van der Waals surface area contributed by atoms with Crippen LogP contribution in [0.4, 0.5) is 0 Å². The van der Waals surface area contributed by atoms with Crippen molar-refractivity contribution in [1.82, 2.24) is 5.32 Å². The topological polar surface area (TPSA) is 12.0 Å². The van der Waals surface area contributed by atoms with Gasteiger partial charge < -0.3 is 5.32 Å². The van der Waals surface area contributed by atoms with E-state index >= 15 is 0 Å². The summed E-state index contributed by atoms with van der Waals surface area (Å²) in [4.78, 5) is 0. The van der Waals surface area contributed by atoms with Crippen LogP contribution in [0.25, 0.3) is 0 Å². The van der Waals surface area contributed by atoms with Gasteiger partial charge in [-0.3, -0.25) is 0 Å². The molecule has 0 saturated heterocycles. The number of hydrogen-bond acceptors (Lipinski definition) is 1. The smallest absolute Gasteiger partial charge is 0.0120 e. The van der Waals surface area contributed by atoms with E-state index in [9.17, 15) is 0 Å². The molecule has 0 aliphatic carbocycles. The molecule has 0 aliphatic rings. The summed E-state index contributed by atoms with van der Waals surface area (Å²) in [6.07, 6.45) is 5.22. The van der Waals surface area contributed by atoms with Crippen LogP contribution in [-0.2, 0) is 0 Å². The van der Waals surface area contributed by atoms with Crippen molar-refractivity contribution in [3.8, 4) is 0 Å². The molecule has 80 valence electrons. The molecule has 0 atom stereocenters. The van der Waals surface area contributed by atoms with Crippen LogP contribution in [0.3, 0.4) is 0 Å². The van der Waals surface area contributed by atoms with Crippen LogP contribution in [0.2, 0.25) is 0 Å². The van der Waals surface area contributed by atoms with Crippen LogP contribution in [0.15, 0.2) is 0 Å². The van der Waals surface area contributed by atoms with Gasteiger partial charge in [-0.2, -0.15) is 0 Å². The van der Waals surface area contributed by atoms with Crippen LogP contribution in [0, 0.1) is 11.8 Å². The minimum absolute atomic E-state index is 0.727. The summed E-state index contributed by atoms with van der Waals surface area (Å²) >= 11 is 0. The lowest BCUT2D eigenvalue weighted by Gasteiger charge is -2.31. The van der Waals surface area contributed by atoms with Crippen LogP contribution >= 0.6 is 0 Å². The molecule has 0 spiro atoms. The second-order valence-corrected chi connectivity index (χ2v) is 3.97. The highest BCUT2D eigenvalue weighted by Crippen LogP contribution is 2.24. The van der Waals surface area contributed by atoms with E-state index in [1.54, 1.807) is 0 Å². The molecule has 0 bridgehead atoms. The Hall–Kier alpha value is -0.0400. The van der Waals surface area contributed by atoms with Crippen molar-refractivity contribution in [1.29, 1.82) is 0 Å². The van der Waals surface area contributed by atoms with Crippen molar-refractivity contribution < 1.29 is 0 Å². The molecule has 0 rings (SSSR count). The van der Waals surface area contributed by atoms with Gasteiger partial charge in [-0.05, 0) is 18.9 Å². The predicted octanol–water partition coefficient (Wildman–Crippen LogP) is 3.45. The maximum Gasteiger partial charge on any atom is 0.0120 e. The maximum absolute atomic E-state index is 3.51. The summed E-state index contributed by atoms with van der Waals surface area (Å²) in [6.45, 7) is 9.23. The van der Waals surface area contributed by atoms with E-state index in [1.165, 1.54) is 25.7 Å². The molecule has 0 aliphatic heterocycles. The molecule has 1 nitrogen and oxygen atoms in total. The molecule has 0 aromatic heterocycles. The average molecular weight is 185 g/mol. The van der Waals surface area contributed by atoms with Crippen LogP contribution < -0.4 is 5.32 Å². The van der Waals surface area contributed by atoms with Crippen LogP contribution in [0.1, 0.15) is 53.4 Å². The zero-order chi connectivity index (χ0) is 10.3. The van der Waals surface area contributed by atoms with Crippen molar-refractivity contribution in [2.24, 2.45) is 11.8 Å². The van der Waals surface area contributed by atoms with Gasteiger partial charge in [-0.1, -0.05) is 53.4 Å². The Morgan fingerprint density at radius 3 is 1.23 bits per heavy atom. The van der Waals surface area contributed by atoms with Gasteiger partial charge in [0, 0.05) is 6.04 Å². The highest BCUT2D eigenvalue weighted by molar-refractivity contribution is 4.79. The molecule has 0 saturated carbocycles. The summed E-state index contributed by atoms with van der Waals surface area (Å²) in [5.41, 5.74) is 0. The van der Waals surface area contributed by atoms with Gasteiger partial charge in [0.05, 0.1) is 0 Å². The third-order valence-electron chi connectivity index (χ3n) is 3.45. The normalized spacial score (nSPS) is 12.0. The second kappa shape index (κ2) is 7.37. The minimum atomic E-state index is 0.727. The molecule has 1 heteroatoms. The van der Waals surface area contributed by atoms with Gasteiger partial charge in [0.2, 0.25) is 0 Å². The second-order valence-electron chi connectivity index (χ2n) is 3.97. The van der Waals surface area contributed by atoms with Crippen LogP contribution in [-0.4, -0.2) is 13.1 Å². The lowest BCUT2D eigenvalue weighted by Crippen LogP contribution is -2.39. The zero-order valence-electron chi connectivity index (χ0n) is 10.1. The summed E-state index contributed by atoms with van der Waals surface area (Å²) in [5, 5.41) is 3.51. The third kappa shape index (κ3) is 3.68. The first-order chi connectivity index (χ1) is 6.24. The molecule has 0 fully saturated rings. The average Bonchev–Trinajstić information content (AvgIpc) is 2.18. The van der Waals surface area contributed by atoms with Crippen molar-refractivity contribution in [3.63, 3.8) is 0 Å². The largest absolute Gasteiger partial charge is 0.316 e. The van der Waals surface area contributed by atoms with Crippen molar-refractivity contribution >= 4 is 0 Å². The summed E-state index contributed by atoms with van der Waals surface area (Å²) in [5.74, 6) is 1.71. The van der Waals surface area contributed by atoms with Crippen molar-refractivity contribution in [3.05, 3.63) is 0 Å². The summed E-state index contributed by atoms with van der Waals surface area (Å²) in [6, 6.07) is 0.727. The Balaban J connectivity index is 4.26. The van der Waals surface area contributed by atoms with Gasteiger partial charge in [0.15, 0.2) is 0 Å². The summed E-state index contributed by atoms with van der Waals surface area (Å²) in [7, 11) is 2.11. The van der Waals surface area contributed by atoms with E-state index in [4.69, 9.17) is 0 Å². The first kappa shape index (κ1) is 13.0. The first-order valence-electron chi connectivity index (χ1n) is 5.92. The third-order valence-corrected chi connectivity index (χ3v) is 3.45. The van der Waals surface area contributed by atoms with E-state index in [0.717, 1.165) is 17.9 Å². The molecule has 0 heterocycles. The molecule has 0 aromatic carbocycles. The monoisotopic (exact) mass is 185 g/mol. The van der Waals surface area contributed by atoms with E-state index in [-0.39, 0.29) is 0 Å². The van der Waals surface area contributed by atoms with Crippen molar-refractivity contribution in [2.75, 3.05) is 7.05 Å². The fourth-order valence-electron chi connectivity index (χ4n) is 2.45. The Morgan fingerprint density at radius 2 is 1.08 bits per heavy atom. The van der Waals surface area contributed by atoms with Gasteiger partial charge in [0.1, 0.15) is 0 Å². The minimum Gasteiger partial charge on any atom is -0.316 e. The first-order valence-corrected chi connectivity index (χ1v) is 5.92. The lowest BCUT2D eigenvalue weighted by atomic mass is 9.82. The standard InChI is InChI=1S/C12H27N/c1-6-10(7-2)12(13-5)11(8-3)9-4/h10-13H,6-9H2,1-5H3. The zero-order valence-corrected chi connectivity index (χ0v) is 10.1. The van der Waals surface area contributed by atoms with Gasteiger partial charge in [-0.15, -0.1) is 0 Å². The molecule has 0 unspecified atom stereocenters. The quantitative estimate of drug-likeness (QED) is 0.640. The van der Waals surface area contributed by atoms with E-state index in [2.05, 4.69) is 40.1 Å². The maximum atomic E-state index is 3.51. The van der Waals surface area contributed by atoms with Gasteiger partial charge in [-0.25, -0.2) is 0 Å². The van der Waals surface area contributed by atoms with Crippen molar-refractivity contribution in [2.45, 2.75) is 59.4 Å². The molecule has 0 aromatic rings. The fourth-order valence-corrected chi connectivity index (χ4v) is 2.45. The SMILES string of the molecule is CCC(CC)C(NC)C(CC)CC. The Morgan fingerprint density at radius 1 is 0.769 bits per heavy atom. The van der Waals surface area contributed by atoms with E-state index in [0.29, 0.717) is 0 Å². The molecular formula is C12H27N. The highest BCUT2D eigenvalue weighted by atomic mass is 14.9. The fraction of sp³-hybridized carbons (Fsp3) is 1.00. The lowest BCUT2D eigenvalue weighted by molar-refractivity contribution is 0.244. The predicted molar refractivity (Wildman–Crippen MR) is 61.0 cm³/mol. The molecule has 1 N–H and O–H groups in total. The van der Waals surface area contributed by atoms with Gasteiger partial charge >= 0.3 is 0 Å².